The van der Waals surface area contributed by atoms with Crippen LogP contribution in [0.4, 0.5) is 8.78 Å². The molecule has 9 heteroatoms. The van der Waals surface area contributed by atoms with E-state index in [2.05, 4.69) is 25.4 Å². The summed E-state index contributed by atoms with van der Waals surface area (Å²) in [4.78, 5) is 4.14. The van der Waals surface area contributed by atoms with Crippen molar-refractivity contribution in [3.63, 3.8) is 0 Å². The Kier molecular flexibility index (Phi) is 3.45. The van der Waals surface area contributed by atoms with Gasteiger partial charge in [-0.3, -0.25) is 9.67 Å². The average molecular weight is 377 g/mol. The normalized spacial score (nSPS) is 12.1. The van der Waals surface area contributed by atoms with Gasteiger partial charge in [0.2, 0.25) is 5.82 Å². The summed E-state index contributed by atoms with van der Waals surface area (Å²) in [6.07, 6.45) is 4.86. The van der Waals surface area contributed by atoms with Gasteiger partial charge in [0.15, 0.2) is 5.65 Å². The second-order valence-electron chi connectivity index (χ2n) is 6.37. The molecule has 0 radical (unpaired) electrons. The number of rotatable bonds is 3. The van der Waals surface area contributed by atoms with Crippen molar-refractivity contribution in [1.82, 2.24) is 34.6 Å². The Hall–Kier alpha value is -3.75. The third-order valence-corrected chi connectivity index (χ3v) is 4.52. The van der Waals surface area contributed by atoms with Gasteiger partial charge in [-0.05, 0) is 18.2 Å². The smallest absolute Gasteiger partial charge is 0.275 e. The molecule has 0 saturated carbocycles. The van der Waals surface area contributed by atoms with Crippen molar-refractivity contribution in [3.05, 3.63) is 72.4 Å². The third kappa shape index (κ3) is 2.43. The first-order valence-corrected chi connectivity index (χ1v) is 8.48. The topological polar surface area (TPSA) is 73.8 Å². The van der Waals surface area contributed by atoms with Crippen LogP contribution in [0.3, 0.4) is 0 Å². The number of para-hydroxylation sites is 1. The van der Waals surface area contributed by atoms with Crippen LogP contribution in [0.15, 0.2) is 61.1 Å². The molecule has 5 rings (SSSR count). The SMILES string of the molecule is Cn1cc(-c2ccc3nnc(C(F)(F)c4cccc5cccnc45)n3n2)cn1. The molecule has 0 aliphatic heterocycles. The number of aryl methyl sites for hydroxylation is 1. The third-order valence-electron chi connectivity index (χ3n) is 4.52. The molecule has 0 unspecified atom stereocenters. The summed E-state index contributed by atoms with van der Waals surface area (Å²) in [5, 5.41) is 16.6. The van der Waals surface area contributed by atoms with E-state index in [1.54, 1.807) is 60.5 Å². The first kappa shape index (κ1) is 16.4. The van der Waals surface area contributed by atoms with Crippen molar-refractivity contribution in [2.75, 3.05) is 0 Å². The fourth-order valence-corrected chi connectivity index (χ4v) is 3.17. The van der Waals surface area contributed by atoms with Crippen LogP contribution in [-0.4, -0.2) is 34.6 Å². The lowest BCUT2D eigenvalue weighted by atomic mass is 10.0. The summed E-state index contributed by atoms with van der Waals surface area (Å²) in [5.41, 5.74) is 1.41. The van der Waals surface area contributed by atoms with Crippen molar-refractivity contribution >= 4 is 16.6 Å². The zero-order valence-corrected chi connectivity index (χ0v) is 14.7. The highest BCUT2D eigenvalue weighted by Crippen LogP contribution is 2.37. The summed E-state index contributed by atoms with van der Waals surface area (Å²) in [7, 11) is 1.77. The van der Waals surface area contributed by atoms with Gasteiger partial charge in [-0.25, -0.2) is 0 Å². The van der Waals surface area contributed by atoms with E-state index in [1.165, 1.54) is 12.3 Å². The van der Waals surface area contributed by atoms with Crippen molar-refractivity contribution in [2.45, 2.75) is 5.92 Å². The Labute approximate surface area is 157 Å². The molecular formula is C19H13F2N7. The number of alkyl halides is 2. The van der Waals surface area contributed by atoms with Gasteiger partial charge in [-0.2, -0.15) is 23.5 Å². The molecule has 0 spiro atoms. The van der Waals surface area contributed by atoms with E-state index in [0.29, 0.717) is 16.6 Å². The molecule has 5 aromatic rings. The monoisotopic (exact) mass is 377 g/mol. The molecule has 4 heterocycles. The highest BCUT2D eigenvalue weighted by molar-refractivity contribution is 5.82. The molecule has 0 atom stereocenters. The van der Waals surface area contributed by atoms with Gasteiger partial charge in [0.25, 0.3) is 0 Å². The molecule has 7 nitrogen and oxygen atoms in total. The molecule has 0 aliphatic rings. The van der Waals surface area contributed by atoms with Crippen LogP contribution in [0.25, 0.3) is 27.8 Å². The quantitative estimate of drug-likeness (QED) is 0.483. The maximum absolute atomic E-state index is 15.5. The second kappa shape index (κ2) is 5.88. The second-order valence-corrected chi connectivity index (χ2v) is 6.37. The number of aromatic nitrogens is 7. The molecule has 0 saturated heterocycles. The molecule has 4 aromatic heterocycles. The van der Waals surface area contributed by atoms with Crippen molar-refractivity contribution < 1.29 is 8.78 Å². The van der Waals surface area contributed by atoms with Crippen molar-refractivity contribution in [2.24, 2.45) is 7.05 Å². The van der Waals surface area contributed by atoms with Gasteiger partial charge in [-0.1, -0.05) is 24.3 Å². The maximum atomic E-state index is 15.5. The van der Waals surface area contributed by atoms with E-state index in [-0.39, 0.29) is 16.7 Å². The molecular weight excluding hydrogens is 364 g/mol. The van der Waals surface area contributed by atoms with E-state index in [0.717, 1.165) is 4.52 Å². The van der Waals surface area contributed by atoms with Crippen molar-refractivity contribution in [1.29, 1.82) is 0 Å². The number of hydrogen-bond donors (Lipinski definition) is 0. The number of benzene rings is 1. The molecule has 0 fully saturated rings. The van der Waals surface area contributed by atoms with Gasteiger partial charge in [-0.15, -0.1) is 10.2 Å². The Morgan fingerprint density at radius 1 is 1.00 bits per heavy atom. The van der Waals surface area contributed by atoms with Crippen LogP contribution in [0.2, 0.25) is 0 Å². The minimum atomic E-state index is -3.44. The fraction of sp³-hybridized carbons (Fsp3) is 0.105. The molecule has 1 aromatic carbocycles. The fourth-order valence-electron chi connectivity index (χ4n) is 3.17. The Bertz CT molecular complexity index is 1320. The van der Waals surface area contributed by atoms with Crippen LogP contribution < -0.4 is 0 Å². The highest BCUT2D eigenvalue weighted by Gasteiger charge is 2.41. The van der Waals surface area contributed by atoms with Gasteiger partial charge < -0.3 is 0 Å². The summed E-state index contributed by atoms with van der Waals surface area (Å²) in [6, 6.07) is 11.4. The number of nitrogens with zero attached hydrogens (tertiary/aromatic N) is 7. The minimum absolute atomic E-state index is 0.218. The average Bonchev–Trinajstić information content (AvgIpc) is 3.33. The number of hydrogen-bond acceptors (Lipinski definition) is 5. The number of halogens is 2. The maximum Gasteiger partial charge on any atom is 0.335 e. The standard InChI is InChI=1S/C19H13F2N7/c1-27-11-13(10-23-27)15-7-8-16-24-25-18(28(16)26-15)19(20,21)14-6-2-4-12-5-3-9-22-17(12)14/h2-11H,1H3. The van der Waals surface area contributed by atoms with E-state index >= 15 is 8.78 Å². The lowest BCUT2D eigenvalue weighted by Crippen LogP contribution is -2.21. The minimum Gasteiger partial charge on any atom is -0.275 e. The summed E-state index contributed by atoms with van der Waals surface area (Å²) >= 11 is 0. The largest absolute Gasteiger partial charge is 0.335 e. The van der Waals surface area contributed by atoms with E-state index < -0.39 is 11.7 Å². The first-order chi connectivity index (χ1) is 13.5. The molecule has 0 aliphatic carbocycles. The van der Waals surface area contributed by atoms with E-state index in [9.17, 15) is 0 Å². The van der Waals surface area contributed by atoms with Crippen LogP contribution in [0.5, 0.6) is 0 Å². The molecule has 0 N–H and O–H groups in total. The summed E-state index contributed by atoms with van der Waals surface area (Å²) < 4.78 is 33.7. The van der Waals surface area contributed by atoms with E-state index in [4.69, 9.17) is 0 Å². The van der Waals surface area contributed by atoms with Gasteiger partial charge >= 0.3 is 5.92 Å². The van der Waals surface area contributed by atoms with Crippen LogP contribution in [0.1, 0.15) is 11.4 Å². The lowest BCUT2D eigenvalue weighted by molar-refractivity contribution is 0.0320. The van der Waals surface area contributed by atoms with Crippen LogP contribution in [-0.2, 0) is 13.0 Å². The Balaban J connectivity index is 1.71. The highest BCUT2D eigenvalue weighted by atomic mass is 19.3. The summed E-state index contributed by atoms with van der Waals surface area (Å²) in [6.45, 7) is 0. The first-order valence-electron chi connectivity index (χ1n) is 8.48. The Morgan fingerprint density at radius 3 is 2.68 bits per heavy atom. The summed E-state index contributed by atoms with van der Waals surface area (Å²) in [5.74, 6) is -4.00. The lowest BCUT2D eigenvalue weighted by Gasteiger charge is -2.16. The zero-order valence-electron chi connectivity index (χ0n) is 14.7. The predicted octanol–water partition coefficient (Wildman–Crippen LogP) is 3.21. The van der Waals surface area contributed by atoms with Crippen molar-refractivity contribution in [3.8, 4) is 11.3 Å². The van der Waals surface area contributed by atoms with Gasteiger partial charge in [0, 0.05) is 30.4 Å². The van der Waals surface area contributed by atoms with Gasteiger partial charge in [0.1, 0.15) is 0 Å². The number of fused-ring (bicyclic) bond motifs is 2. The van der Waals surface area contributed by atoms with Gasteiger partial charge in [0.05, 0.1) is 23.0 Å². The van der Waals surface area contributed by atoms with Crippen LogP contribution >= 0.6 is 0 Å². The molecule has 138 valence electrons. The predicted molar refractivity (Wildman–Crippen MR) is 97.7 cm³/mol. The molecule has 0 amide bonds. The molecule has 28 heavy (non-hydrogen) atoms. The zero-order chi connectivity index (χ0) is 19.3. The Morgan fingerprint density at radius 2 is 1.86 bits per heavy atom. The number of pyridine rings is 1. The molecule has 0 bridgehead atoms. The van der Waals surface area contributed by atoms with Crippen LogP contribution in [0, 0.1) is 0 Å². The van der Waals surface area contributed by atoms with E-state index in [1.807, 2.05) is 0 Å².